The lowest BCUT2D eigenvalue weighted by Gasteiger charge is -2.11. The Bertz CT molecular complexity index is 1090. The van der Waals surface area contributed by atoms with E-state index in [9.17, 15) is 9.59 Å². The summed E-state index contributed by atoms with van der Waals surface area (Å²) in [6, 6.07) is 5.51. The second-order valence-corrected chi connectivity index (χ2v) is 7.76. The molecule has 3 heterocycles. The van der Waals surface area contributed by atoms with Crippen molar-refractivity contribution in [2.24, 2.45) is 0 Å². The first-order valence-electron chi connectivity index (χ1n) is 8.95. The molecular formula is C19H21N3O4S. The molecule has 0 bridgehead atoms. The lowest BCUT2D eigenvalue weighted by molar-refractivity contribution is 0.0941. The summed E-state index contributed by atoms with van der Waals surface area (Å²) in [4.78, 5) is 24.1. The van der Waals surface area contributed by atoms with Crippen molar-refractivity contribution in [2.45, 2.75) is 50.2 Å². The number of hydrogen-bond acceptors (Lipinski definition) is 6. The van der Waals surface area contributed by atoms with Crippen LogP contribution in [0.15, 0.2) is 37.4 Å². The van der Waals surface area contributed by atoms with Crippen molar-refractivity contribution in [3.8, 4) is 0 Å². The molecule has 0 amide bonds. The molecule has 1 N–H and O–H groups in total. The Balaban J connectivity index is 1.62. The Kier molecular flexibility index (Phi) is 4.92. The minimum absolute atomic E-state index is 0.0508. The van der Waals surface area contributed by atoms with Crippen LogP contribution in [0.3, 0.4) is 0 Å². The lowest BCUT2D eigenvalue weighted by Crippen LogP contribution is -2.24. The molecule has 1 atom stereocenters. The molecule has 1 fully saturated rings. The molecule has 0 radical (unpaired) electrons. The molecule has 0 aliphatic carbocycles. The van der Waals surface area contributed by atoms with Crippen LogP contribution in [-0.2, 0) is 17.0 Å². The number of H-pyrrole nitrogens is 1. The second-order valence-electron chi connectivity index (χ2n) is 6.82. The highest BCUT2D eigenvalue weighted by atomic mass is 32.2. The zero-order valence-electron chi connectivity index (χ0n) is 15.3. The summed E-state index contributed by atoms with van der Waals surface area (Å²) in [5.74, 6) is 0.514. The van der Waals surface area contributed by atoms with Crippen LogP contribution in [0.4, 0.5) is 0 Å². The molecule has 8 heteroatoms. The molecule has 142 valence electrons. The molecule has 1 aromatic carbocycles. The third-order valence-electron chi connectivity index (χ3n) is 5.01. The Morgan fingerprint density at radius 3 is 2.96 bits per heavy atom. The topological polar surface area (TPSA) is 90.1 Å². The number of benzene rings is 1. The smallest absolute Gasteiger partial charge is 0.344 e. The highest BCUT2D eigenvalue weighted by Gasteiger charge is 2.20. The first-order valence-corrected chi connectivity index (χ1v) is 9.94. The molecule has 0 saturated carbocycles. The average Bonchev–Trinajstić information content (AvgIpc) is 3.28. The zero-order valence-corrected chi connectivity index (χ0v) is 16.1. The molecule has 0 unspecified atom stereocenters. The van der Waals surface area contributed by atoms with Crippen LogP contribution < -0.4 is 11.3 Å². The molecule has 0 spiro atoms. The highest BCUT2D eigenvalue weighted by molar-refractivity contribution is 7.98. The summed E-state index contributed by atoms with van der Waals surface area (Å²) in [5, 5.41) is 8.16. The molecule has 2 aromatic heterocycles. The second kappa shape index (κ2) is 7.36. The maximum Gasteiger partial charge on any atom is 0.344 e. The Labute approximate surface area is 159 Å². The van der Waals surface area contributed by atoms with E-state index in [2.05, 4.69) is 10.2 Å². The third-order valence-corrected chi connectivity index (χ3v) is 6.03. The van der Waals surface area contributed by atoms with E-state index in [1.807, 2.05) is 26.0 Å². The summed E-state index contributed by atoms with van der Waals surface area (Å²) in [6.07, 6.45) is 2.02. The molecule has 1 aliphatic rings. The van der Waals surface area contributed by atoms with Gasteiger partial charge in [0.1, 0.15) is 5.58 Å². The van der Waals surface area contributed by atoms with Crippen LogP contribution in [0.25, 0.3) is 11.0 Å². The van der Waals surface area contributed by atoms with Gasteiger partial charge in [0.05, 0.1) is 12.6 Å². The summed E-state index contributed by atoms with van der Waals surface area (Å²) >= 11 is 1.42. The fourth-order valence-electron chi connectivity index (χ4n) is 3.35. The van der Waals surface area contributed by atoms with Crippen molar-refractivity contribution in [3.63, 3.8) is 0 Å². The van der Waals surface area contributed by atoms with Crippen molar-refractivity contribution in [3.05, 3.63) is 55.8 Å². The lowest BCUT2D eigenvalue weighted by atomic mass is 10.0. The first kappa shape index (κ1) is 18.1. The maximum atomic E-state index is 12.1. The predicted molar refractivity (Wildman–Crippen MR) is 103 cm³/mol. The van der Waals surface area contributed by atoms with Gasteiger partial charge < -0.3 is 9.15 Å². The molecule has 1 aliphatic heterocycles. The van der Waals surface area contributed by atoms with E-state index in [4.69, 9.17) is 9.15 Å². The van der Waals surface area contributed by atoms with E-state index in [1.54, 1.807) is 4.57 Å². The predicted octanol–water partition coefficient (Wildman–Crippen LogP) is 2.77. The number of rotatable bonds is 5. The summed E-state index contributed by atoms with van der Waals surface area (Å²) < 4.78 is 12.7. The first-order chi connectivity index (χ1) is 13.0. The fourth-order valence-corrected chi connectivity index (χ4v) is 4.30. The number of fused-ring (bicyclic) bond motifs is 1. The fraction of sp³-hybridized carbons (Fsp3) is 0.421. The van der Waals surface area contributed by atoms with Crippen LogP contribution in [0.1, 0.15) is 29.5 Å². The number of ether oxygens (including phenoxy) is 1. The Morgan fingerprint density at radius 1 is 1.33 bits per heavy atom. The van der Waals surface area contributed by atoms with Gasteiger partial charge in [-0.2, -0.15) is 0 Å². The third kappa shape index (κ3) is 3.59. The highest BCUT2D eigenvalue weighted by Crippen LogP contribution is 2.28. The SMILES string of the molecule is Cc1ccc2c(CSc3n[nH]c(=O)n3C[C@@H]3CCCO3)cc(=O)oc2c1C. The normalized spacial score (nSPS) is 17.0. The van der Waals surface area contributed by atoms with Gasteiger partial charge in [0, 0.05) is 23.8 Å². The number of aromatic nitrogens is 3. The molecule has 4 rings (SSSR count). The Morgan fingerprint density at radius 2 is 2.19 bits per heavy atom. The monoisotopic (exact) mass is 387 g/mol. The molecule has 1 saturated heterocycles. The number of hydrogen-bond donors (Lipinski definition) is 1. The van der Waals surface area contributed by atoms with E-state index < -0.39 is 0 Å². The van der Waals surface area contributed by atoms with Gasteiger partial charge >= 0.3 is 11.3 Å². The van der Waals surface area contributed by atoms with Crippen molar-refractivity contribution in [1.82, 2.24) is 14.8 Å². The summed E-state index contributed by atoms with van der Waals surface area (Å²) in [6.45, 7) is 5.17. The number of aromatic amines is 1. The number of aryl methyl sites for hydroxylation is 2. The van der Waals surface area contributed by atoms with Crippen LogP contribution in [0, 0.1) is 13.8 Å². The summed E-state index contributed by atoms with van der Waals surface area (Å²) in [7, 11) is 0. The maximum absolute atomic E-state index is 12.1. The van der Waals surface area contributed by atoms with Crippen molar-refractivity contribution in [1.29, 1.82) is 0 Å². The van der Waals surface area contributed by atoms with E-state index in [0.29, 0.717) is 23.0 Å². The number of thioether (sulfide) groups is 1. The minimum Gasteiger partial charge on any atom is -0.422 e. The number of nitrogens with zero attached hydrogens (tertiary/aromatic N) is 2. The van der Waals surface area contributed by atoms with E-state index in [-0.39, 0.29) is 17.4 Å². The van der Waals surface area contributed by atoms with Crippen molar-refractivity contribution < 1.29 is 9.15 Å². The zero-order chi connectivity index (χ0) is 19.0. The van der Waals surface area contributed by atoms with Crippen LogP contribution in [0.2, 0.25) is 0 Å². The molecule has 7 nitrogen and oxygen atoms in total. The summed E-state index contributed by atoms with van der Waals surface area (Å²) in [5.41, 5.74) is 2.92. The van der Waals surface area contributed by atoms with Gasteiger partial charge in [-0.1, -0.05) is 23.9 Å². The quantitative estimate of drug-likeness (QED) is 0.535. The molecular weight excluding hydrogens is 366 g/mol. The standard InChI is InChI=1S/C19H21N3O4S/c1-11-5-6-15-13(8-16(23)26-17(15)12(11)2)10-27-19-21-20-18(24)22(19)9-14-4-3-7-25-14/h5-6,8,14H,3-4,7,9-10H2,1-2H3,(H,20,24)/t14-/m0/s1. The van der Waals surface area contributed by atoms with Gasteiger partial charge in [-0.15, -0.1) is 5.10 Å². The van der Waals surface area contributed by atoms with Crippen LogP contribution >= 0.6 is 11.8 Å². The van der Waals surface area contributed by atoms with Gasteiger partial charge in [0.25, 0.3) is 0 Å². The van der Waals surface area contributed by atoms with Crippen LogP contribution in [-0.4, -0.2) is 27.5 Å². The van der Waals surface area contributed by atoms with E-state index >= 15 is 0 Å². The van der Waals surface area contributed by atoms with Gasteiger partial charge in [-0.05, 0) is 43.4 Å². The van der Waals surface area contributed by atoms with Gasteiger partial charge in [-0.25, -0.2) is 14.7 Å². The van der Waals surface area contributed by atoms with Gasteiger partial charge in [0.2, 0.25) is 0 Å². The van der Waals surface area contributed by atoms with Crippen molar-refractivity contribution >= 4 is 22.7 Å². The van der Waals surface area contributed by atoms with E-state index in [1.165, 1.54) is 17.8 Å². The average molecular weight is 387 g/mol. The number of nitrogens with one attached hydrogen (secondary N) is 1. The van der Waals surface area contributed by atoms with Gasteiger partial charge in [0.15, 0.2) is 5.16 Å². The minimum atomic E-state index is -0.370. The Hall–Kier alpha value is -2.32. The van der Waals surface area contributed by atoms with Gasteiger partial charge in [-0.3, -0.25) is 4.57 Å². The van der Waals surface area contributed by atoms with Crippen molar-refractivity contribution in [2.75, 3.05) is 6.61 Å². The largest absolute Gasteiger partial charge is 0.422 e. The van der Waals surface area contributed by atoms with E-state index in [0.717, 1.165) is 41.5 Å². The molecule has 3 aromatic rings. The van der Waals surface area contributed by atoms with Crippen LogP contribution in [0.5, 0.6) is 0 Å². The molecule has 27 heavy (non-hydrogen) atoms.